The van der Waals surface area contributed by atoms with Crippen molar-refractivity contribution < 1.29 is 9.53 Å². The molecule has 0 bridgehead atoms. The maximum Gasteiger partial charge on any atom is 0.308 e. The van der Waals surface area contributed by atoms with Gasteiger partial charge < -0.3 is 10.5 Å². The van der Waals surface area contributed by atoms with E-state index >= 15 is 0 Å². The van der Waals surface area contributed by atoms with Crippen LogP contribution in [0.2, 0.25) is 0 Å². The van der Waals surface area contributed by atoms with E-state index in [1.165, 1.54) is 32.1 Å². The van der Waals surface area contributed by atoms with Crippen molar-refractivity contribution in [3.8, 4) is 0 Å². The van der Waals surface area contributed by atoms with Crippen molar-refractivity contribution in [2.24, 2.45) is 22.6 Å². The van der Waals surface area contributed by atoms with Gasteiger partial charge in [-0.05, 0) is 57.8 Å². The highest BCUT2D eigenvalue weighted by molar-refractivity contribution is 5.77. The van der Waals surface area contributed by atoms with Crippen LogP contribution in [0.5, 0.6) is 0 Å². The van der Waals surface area contributed by atoms with E-state index in [0.29, 0.717) is 12.4 Å². The van der Waals surface area contributed by atoms with Crippen molar-refractivity contribution >= 4 is 11.8 Å². The van der Waals surface area contributed by atoms with Gasteiger partial charge in [0.1, 0.15) is 0 Å². The van der Waals surface area contributed by atoms with Crippen LogP contribution in [0, 0.1) is 11.8 Å². The molecule has 0 saturated heterocycles. The van der Waals surface area contributed by atoms with Gasteiger partial charge >= 0.3 is 5.97 Å². The normalized spacial score (nSPS) is 22.1. The molecule has 1 aliphatic carbocycles. The number of amidine groups is 1. The molecule has 0 unspecified atom stereocenters. The zero-order valence-corrected chi connectivity index (χ0v) is 15.2. The first kappa shape index (κ1) is 20.0. The van der Waals surface area contributed by atoms with Gasteiger partial charge in [-0.2, -0.15) is 0 Å². The van der Waals surface area contributed by atoms with Crippen LogP contribution >= 0.6 is 0 Å². The van der Waals surface area contributed by atoms with Gasteiger partial charge in [0.15, 0.2) is 0 Å². The number of nitrogens with two attached hydrogens (primary N) is 1. The highest BCUT2D eigenvalue weighted by Gasteiger charge is 2.26. The minimum absolute atomic E-state index is 0.0438. The van der Waals surface area contributed by atoms with Crippen molar-refractivity contribution in [1.82, 2.24) is 0 Å². The molecule has 1 fully saturated rings. The lowest BCUT2D eigenvalue weighted by Crippen LogP contribution is -2.24. The Morgan fingerprint density at radius 3 is 2.43 bits per heavy atom. The number of ether oxygens (including phenoxy) is 1. The fourth-order valence-corrected chi connectivity index (χ4v) is 3.29. The number of unbranched alkanes of at least 4 members (excludes halogenated alkanes) is 4. The maximum absolute atomic E-state index is 12.1. The molecule has 0 aliphatic heterocycles. The Morgan fingerprint density at radius 1 is 1.09 bits per heavy atom. The minimum Gasteiger partial charge on any atom is -0.465 e. The van der Waals surface area contributed by atoms with Gasteiger partial charge in [0.05, 0.1) is 18.4 Å². The zero-order chi connectivity index (χ0) is 16.9. The van der Waals surface area contributed by atoms with Crippen molar-refractivity contribution in [1.29, 1.82) is 0 Å². The van der Waals surface area contributed by atoms with E-state index in [-0.39, 0.29) is 11.9 Å². The lowest BCUT2D eigenvalue weighted by atomic mass is 9.80. The first-order valence-corrected chi connectivity index (χ1v) is 9.56. The Kier molecular flexibility index (Phi) is 10.8. The molecule has 0 atom stereocenters. The molecule has 4 nitrogen and oxygen atoms in total. The number of hydrogen-bond acceptors (Lipinski definition) is 3. The first-order chi connectivity index (χ1) is 11.1. The molecular weight excluding hydrogens is 288 g/mol. The summed E-state index contributed by atoms with van der Waals surface area (Å²) in [6, 6.07) is 0. The summed E-state index contributed by atoms with van der Waals surface area (Å²) in [5.74, 6) is 1.71. The average Bonchev–Trinajstić information content (AvgIpc) is 2.55. The monoisotopic (exact) mass is 324 g/mol. The van der Waals surface area contributed by atoms with E-state index in [2.05, 4.69) is 11.9 Å². The highest BCUT2D eigenvalue weighted by atomic mass is 16.5. The second-order valence-electron chi connectivity index (χ2n) is 6.96. The molecule has 23 heavy (non-hydrogen) atoms. The van der Waals surface area contributed by atoms with Crippen LogP contribution in [-0.4, -0.2) is 25.0 Å². The zero-order valence-electron chi connectivity index (χ0n) is 15.2. The van der Waals surface area contributed by atoms with E-state index in [4.69, 9.17) is 10.5 Å². The van der Waals surface area contributed by atoms with Crippen LogP contribution in [0.25, 0.3) is 0 Å². The largest absolute Gasteiger partial charge is 0.465 e. The van der Waals surface area contributed by atoms with Crippen LogP contribution in [0.4, 0.5) is 0 Å². The fourth-order valence-electron chi connectivity index (χ4n) is 3.29. The number of aliphatic imine (C=N–C) groups is 1. The Hall–Kier alpha value is -1.06. The third kappa shape index (κ3) is 9.62. The minimum atomic E-state index is 0.0438. The van der Waals surface area contributed by atoms with Crippen LogP contribution in [0.3, 0.4) is 0 Å². The highest BCUT2D eigenvalue weighted by Crippen LogP contribution is 2.32. The summed E-state index contributed by atoms with van der Waals surface area (Å²) in [4.78, 5) is 16.2. The summed E-state index contributed by atoms with van der Waals surface area (Å²) in [7, 11) is 0. The quantitative estimate of drug-likeness (QED) is 0.264. The second-order valence-corrected chi connectivity index (χ2v) is 6.96. The average molecular weight is 325 g/mol. The van der Waals surface area contributed by atoms with E-state index < -0.39 is 0 Å². The summed E-state index contributed by atoms with van der Waals surface area (Å²) in [6.45, 7) is 5.45. The molecule has 0 spiro atoms. The first-order valence-electron chi connectivity index (χ1n) is 9.56. The van der Waals surface area contributed by atoms with Gasteiger partial charge in [0.25, 0.3) is 0 Å². The van der Waals surface area contributed by atoms with E-state index in [0.717, 1.165) is 51.0 Å². The Labute approximate surface area is 142 Å². The molecule has 0 amide bonds. The van der Waals surface area contributed by atoms with Crippen LogP contribution in [-0.2, 0) is 9.53 Å². The predicted molar refractivity (Wildman–Crippen MR) is 96.6 cm³/mol. The Morgan fingerprint density at radius 2 is 1.78 bits per heavy atom. The molecule has 134 valence electrons. The van der Waals surface area contributed by atoms with Gasteiger partial charge in [-0.3, -0.25) is 9.79 Å². The van der Waals surface area contributed by atoms with Crippen LogP contribution in [0.1, 0.15) is 84.5 Å². The molecule has 2 N–H and O–H groups in total. The molecule has 1 aliphatic rings. The van der Waals surface area contributed by atoms with Gasteiger partial charge in [-0.15, -0.1) is 0 Å². The van der Waals surface area contributed by atoms with Gasteiger partial charge in [0.2, 0.25) is 0 Å². The molecule has 0 radical (unpaired) electrons. The number of nitrogens with zero attached hydrogens (tertiary/aromatic N) is 1. The topological polar surface area (TPSA) is 64.7 Å². The summed E-state index contributed by atoms with van der Waals surface area (Å²) in [6.07, 6.45) is 12.7. The van der Waals surface area contributed by atoms with Crippen molar-refractivity contribution in [2.45, 2.75) is 84.5 Å². The third-order valence-electron chi connectivity index (χ3n) is 4.80. The number of esters is 1. The number of hydrogen-bond donors (Lipinski definition) is 1. The van der Waals surface area contributed by atoms with Crippen molar-refractivity contribution in [2.75, 3.05) is 13.2 Å². The summed E-state index contributed by atoms with van der Waals surface area (Å²) in [5.41, 5.74) is 5.48. The van der Waals surface area contributed by atoms with Gasteiger partial charge in [-0.25, -0.2) is 0 Å². The Balaban J connectivity index is 1.99. The third-order valence-corrected chi connectivity index (χ3v) is 4.80. The number of carbonyl (C=O) groups excluding carboxylic acids is 1. The van der Waals surface area contributed by atoms with E-state index in [1.54, 1.807) is 0 Å². The molecular formula is C19H36N2O2. The number of rotatable bonds is 11. The van der Waals surface area contributed by atoms with Crippen molar-refractivity contribution in [3.63, 3.8) is 0 Å². The lowest BCUT2D eigenvalue weighted by Gasteiger charge is -2.27. The van der Waals surface area contributed by atoms with Gasteiger partial charge in [-0.1, -0.05) is 32.6 Å². The molecule has 0 aromatic rings. The van der Waals surface area contributed by atoms with E-state index in [9.17, 15) is 4.79 Å². The summed E-state index contributed by atoms with van der Waals surface area (Å²) in [5, 5.41) is 0. The SMILES string of the molecule is CCCCC1CCC(C(=O)OCCCCCCN=C(C)N)CC1. The standard InChI is InChI=1S/C19H36N2O2/c1-3-4-9-17-10-12-18(13-11-17)19(22)23-15-8-6-5-7-14-21-16(2)20/h17-18H,3-15H2,1-2H3,(H2,20,21). The molecule has 0 heterocycles. The van der Waals surface area contributed by atoms with Crippen LogP contribution < -0.4 is 5.73 Å². The Bertz CT molecular complexity index is 343. The van der Waals surface area contributed by atoms with Crippen molar-refractivity contribution in [3.05, 3.63) is 0 Å². The molecule has 4 heteroatoms. The summed E-state index contributed by atoms with van der Waals surface area (Å²) < 4.78 is 5.46. The molecule has 1 saturated carbocycles. The second kappa shape index (κ2) is 12.4. The predicted octanol–water partition coefficient (Wildman–Crippen LogP) is 4.46. The number of carbonyl (C=O) groups is 1. The van der Waals surface area contributed by atoms with Gasteiger partial charge in [0, 0.05) is 6.54 Å². The van der Waals surface area contributed by atoms with Crippen LogP contribution in [0.15, 0.2) is 4.99 Å². The molecule has 0 aromatic carbocycles. The maximum atomic E-state index is 12.1. The molecule has 1 rings (SSSR count). The lowest BCUT2D eigenvalue weighted by molar-refractivity contribution is -0.150. The smallest absolute Gasteiger partial charge is 0.308 e. The fraction of sp³-hybridized carbons (Fsp3) is 0.895. The molecule has 0 aromatic heterocycles. The van der Waals surface area contributed by atoms with E-state index in [1.807, 2.05) is 6.92 Å². The summed E-state index contributed by atoms with van der Waals surface area (Å²) >= 11 is 0.